The molecule has 2 nitrogen and oxygen atoms in total. The third-order valence-electron chi connectivity index (χ3n) is 4.03. The highest BCUT2D eigenvalue weighted by Crippen LogP contribution is 2.19. The maximum Gasteiger partial charge on any atom is -0.00463 e. The third-order valence-corrected chi connectivity index (χ3v) is 4.03. The first kappa shape index (κ1) is 15.0. The van der Waals surface area contributed by atoms with Crippen LogP contribution in [0.3, 0.4) is 0 Å². The number of hydrogen-bond donors (Lipinski definition) is 2. The second kappa shape index (κ2) is 11.0. The van der Waals surface area contributed by atoms with Crippen molar-refractivity contribution in [1.29, 1.82) is 0 Å². The first-order chi connectivity index (χ1) is 8.43. The van der Waals surface area contributed by atoms with Gasteiger partial charge in [-0.1, -0.05) is 51.4 Å². The molecule has 0 spiro atoms. The van der Waals surface area contributed by atoms with Crippen LogP contribution in [0.1, 0.15) is 70.6 Å². The van der Waals surface area contributed by atoms with Crippen LogP contribution in [0.25, 0.3) is 0 Å². The van der Waals surface area contributed by atoms with E-state index in [0.717, 1.165) is 12.5 Å². The second-order valence-electron chi connectivity index (χ2n) is 5.60. The minimum atomic E-state index is 0.871. The van der Waals surface area contributed by atoms with Gasteiger partial charge in [0.25, 0.3) is 0 Å². The van der Waals surface area contributed by atoms with Crippen molar-refractivity contribution in [3.63, 3.8) is 0 Å². The number of rotatable bonds is 10. The maximum atomic E-state index is 5.48. The van der Waals surface area contributed by atoms with Crippen molar-refractivity contribution >= 4 is 0 Å². The molecule has 102 valence electrons. The smallest absolute Gasteiger partial charge is 0.00463 e. The molecule has 0 aromatic carbocycles. The molecule has 0 aliphatic carbocycles. The molecule has 1 aliphatic heterocycles. The minimum absolute atomic E-state index is 0.871. The molecule has 1 heterocycles. The molecule has 0 unspecified atom stereocenters. The summed E-state index contributed by atoms with van der Waals surface area (Å²) in [5, 5.41) is 3.44. The molecule has 17 heavy (non-hydrogen) atoms. The monoisotopic (exact) mass is 240 g/mol. The van der Waals surface area contributed by atoms with Crippen molar-refractivity contribution in [2.24, 2.45) is 11.7 Å². The van der Waals surface area contributed by atoms with Crippen LogP contribution in [-0.4, -0.2) is 19.6 Å². The van der Waals surface area contributed by atoms with E-state index in [0.29, 0.717) is 0 Å². The summed E-state index contributed by atoms with van der Waals surface area (Å²) in [4.78, 5) is 0. The highest BCUT2D eigenvalue weighted by atomic mass is 14.9. The summed E-state index contributed by atoms with van der Waals surface area (Å²) in [7, 11) is 0. The molecule has 0 radical (unpaired) electrons. The van der Waals surface area contributed by atoms with E-state index in [1.165, 1.54) is 83.7 Å². The van der Waals surface area contributed by atoms with E-state index in [9.17, 15) is 0 Å². The number of nitrogens with one attached hydrogen (secondary N) is 1. The maximum absolute atomic E-state index is 5.48. The summed E-state index contributed by atoms with van der Waals surface area (Å²) >= 11 is 0. The van der Waals surface area contributed by atoms with Crippen LogP contribution in [0, 0.1) is 5.92 Å². The lowest BCUT2D eigenvalue weighted by atomic mass is 9.92. The van der Waals surface area contributed by atoms with Crippen LogP contribution in [0.2, 0.25) is 0 Å². The molecule has 0 aromatic rings. The summed E-state index contributed by atoms with van der Waals surface area (Å²) in [5.74, 6) is 1.03. The van der Waals surface area contributed by atoms with Gasteiger partial charge in [0.15, 0.2) is 0 Å². The Morgan fingerprint density at radius 3 is 1.88 bits per heavy atom. The van der Waals surface area contributed by atoms with Gasteiger partial charge in [-0.3, -0.25) is 0 Å². The van der Waals surface area contributed by atoms with Crippen LogP contribution in [0.4, 0.5) is 0 Å². The molecule has 1 fully saturated rings. The van der Waals surface area contributed by atoms with E-state index in [1.54, 1.807) is 0 Å². The molecule has 3 N–H and O–H groups in total. The van der Waals surface area contributed by atoms with Crippen molar-refractivity contribution < 1.29 is 0 Å². The van der Waals surface area contributed by atoms with Crippen molar-refractivity contribution in [1.82, 2.24) is 5.32 Å². The van der Waals surface area contributed by atoms with Gasteiger partial charge >= 0.3 is 0 Å². The van der Waals surface area contributed by atoms with Gasteiger partial charge in [-0.2, -0.15) is 0 Å². The Balaban J connectivity index is 1.75. The summed E-state index contributed by atoms with van der Waals surface area (Å²) < 4.78 is 0. The lowest BCUT2D eigenvalue weighted by Gasteiger charge is -2.22. The number of hydrogen-bond acceptors (Lipinski definition) is 2. The Labute approximate surface area is 108 Å². The standard InChI is InChI=1S/C15H32N2/c16-12-8-6-4-2-1-3-5-7-9-15-10-13-17-14-11-15/h15,17H,1-14,16H2. The molecule has 1 aliphatic rings. The Morgan fingerprint density at radius 2 is 1.29 bits per heavy atom. The van der Waals surface area contributed by atoms with Gasteiger partial charge in [0.05, 0.1) is 0 Å². The summed E-state index contributed by atoms with van der Waals surface area (Å²) in [6.07, 6.45) is 15.5. The normalized spacial score (nSPS) is 17.5. The minimum Gasteiger partial charge on any atom is -0.330 e. The topological polar surface area (TPSA) is 38.0 Å². The highest BCUT2D eigenvalue weighted by molar-refractivity contribution is 4.68. The Hall–Kier alpha value is -0.0800. The van der Waals surface area contributed by atoms with Gasteiger partial charge in [-0.25, -0.2) is 0 Å². The van der Waals surface area contributed by atoms with Gasteiger partial charge < -0.3 is 11.1 Å². The Morgan fingerprint density at radius 1 is 0.765 bits per heavy atom. The van der Waals surface area contributed by atoms with Crippen molar-refractivity contribution in [2.45, 2.75) is 70.6 Å². The molecule has 0 bridgehead atoms. The summed E-state index contributed by atoms with van der Waals surface area (Å²) in [5.41, 5.74) is 5.48. The van der Waals surface area contributed by atoms with Crippen molar-refractivity contribution in [3.05, 3.63) is 0 Å². The van der Waals surface area contributed by atoms with Crippen LogP contribution in [-0.2, 0) is 0 Å². The van der Waals surface area contributed by atoms with E-state index in [2.05, 4.69) is 5.32 Å². The van der Waals surface area contributed by atoms with Gasteiger partial charge in [-0.05, 0) is 44.8 Å². The first-order valence-electron chi connectivity index (χ1n) is 7.84. The predicted octanol–water partition coefficient (Wildman–Crippen LogP) is 3.46. The van der Waals surface area contributed by atoms with Gasteiger partial charge in [0, 0.05) is 0 Å². The Bertz CT molecular complexity index is 153. The first-order valence-corrected chi connectivity index (χ1v) is 7.84. The van der Waals surface area contributed by atoms with Crippen molar-refractivity contribution in [3.8, 4) is 0 Å². The van der Waals surface area contributed by atoms with Crippen LogP contribution in [0.15, 0.2) is 0 Å². The molecule has 0 amide bonds. The average molecular weight is 240 g/mol. The van der Waals surface area contributed by atoms with Crippen molar-refractivity contribution in [2.75, 3.05) is 19.6 Å². The largest absolute Gasteiger partial charge is 0.330 e. The summed E-state index contributed by atoms with van der Waals surface area (Å²) in [6.45, 7) is 3.38. The molecule has 1 rings (SSSR count). The second-order valence-corrected chi connectivity index (χ2v) is 5.60. The molecule has 0 atom stereocenters. The lowest BCUT2D eigenvalue weighted by Crippen LogP contribution is -2.27. The van der Waals surface area contributed by atoms with E-state index in [1.807, 2.05) is 0 Å². The van der Waals surface area contributed by atoms with Crippen LogP contribution >= 0.6 is 0 Å². The fourth-order valence-electron chi connectivity index (χ4n) is 2.81. The van der Waals surface area contributed by atoms with Gasteiger partial charge in [-0.15, -0.1) is 0 Å². The van der Waals surface area contributed by atoms with E-state index < -0.39 is 0 Å². The Kier molecular flexibility index (Phi) is 9.72. The van der Waals surface area contributed by atoms with Gasteiger partial charge in [0.2, 0.25) is 0 Å². The fourth-order valence-corrected chi connectivity index (χ4v) is 2.81. The molecular formula is C15H32N2. The van der Waals surface area contributed by atoms with Gasteiger partial charge in [0.1, 0.15) is 0 Å². The van der Waals surface area contributed by atoms with Crippen LogP contribution < -0.4 is 11.1 Å². The fraction of sp³-hybridized carbons (Fsp3) is 1.00. The molecule has 1 saturated heterocycles. The zero-order chi connectivity index (χ0) is 12.2. The molecule has 2 heteroatoms. The molecular weight excluding hydrogens is 208 g/mol. The van der Waals surface area contributed by atoms with E-state index in [-0.39, 0.29) is 0 Å². The molecule has 0 saturated carbocycles. The third kappa shape index (κ3) is 8.62. The molecule has 0 aromatic heterocycles. The average Bonchev–Trinajstić information content (AvgIpc) is 2.38. The predicted molar refractivity (Wildman–Crippen MR) is 76.2 cm³/mol. The number of piperidine rings is 1. The number of unbranched alkanes of at least 4 members (excludes halogenated alkanes) is 7. The zero-order valence-electron chi connectivity index (χ0n) is 11.6. The van der Waals surface area contributed by atoms with E-state index >= 15 is 0 Å². The van der Waals surface area contributed by atoms with Crippen LogP contribution in [0.5, 0.6) is 0 Å². The highest BCUT2D eigenvalue weighted by Gasteiger charge is 2.11. The van der Waals surface area contributed by atoms with E-state index in [4.69, 9.17) is 5.73 Å². The zero-order valence-corrected chi connectivity index (χ0v) is 11.6. The number of nitrogens with two attached hydrogens (primary N) is 1. The summed E-state index contributed by atoms with van der Waals surface area (Å²) in [6, 6.07) is 0. The quantitative estimate of drug-likeness (QED) is 0.574. The lowest BCUT2D eigenvalue weighted by molar-refractivity contribution is 0.342. The SMILES string of the molecule is NCCCCCCCCCCC1CCNCC1.